The Labute approximate surface area is 63.7 Å². The maximum Gasteiger partial charge on any atom is 0.332 e. The fourth-order valence-corrected chi connectivity index (χ4v) is 0.331. The number of esters is 1. The molecule has 0 saturated heterocycles. The zero-order chi connectivity index (χ0) is 8.69. The van der Waals surface area contributed by atoms with Crippen molar-refractivity contribution in [1.29, 1.82) is 0 Å². The van der Waals surface area contributed by atoms with Crippen LogP contribution in [-0.4, -0.2) is 30.8 Å². The van der Waals surface area contributed by atoms with Gasteiger partial charge in [0, 0.05) is 12.2 Å². The zero-order valence-electron chi connectivity index (χ0n) is 6.03. The molecule has 0 radical (unpaired) electrons. The molecule has 2 N–H and O–H groups in total. The highest BCUT2D eigenvalue weighted by Gasteiger charge is 1.95. The van der Waals surface area contributed by atoms with Crippen LogP contribution >= 0.6 is 0 Å². The molecule has 0 spiro atoms. The number of aliphatic carboxylic acids is 1. The summed E-state index contributed by atoms with van der Waals surface area (Å²) in [6.45, 7) is 0.0722. The van der Waals surface area contributed by atoms with Gasteiger partial charge in [0.1, 0.15) is 6.73 Å². The molecule has 0 aromatic carbocycles. The normalized spacial score (nSPS) is 9.91. The first-order valence-corrected chi connectivity index (χ1v) is 2.89. The van der Waals surface area contributed by atoms with Crippen LogP contribution in [0.2, 0.25) is 0 Å². The fourth-order valence-electron chi connectivity index (χ4n) is 0.331. The summed E-state index contributed by atoms with van der Waals surface area (Å²) in [7, 11) is 1.61. The number of carbonyl (C=O) groups is 2. The Balaban J connectivity index is 3.60. The number of carbonyl (C=O) groups excluding carboxylic acids is 1. The summed E-state index contributed by atoms with van der Waals surface area (Å²) in [5, 5.41) is 10.6. The third-order valence-electron chi connectivity index (χ3n) is 0.721. The molecule has 0 aliphatic rings. The van der Waals surface area contributed by atoms with E-state index in [2.05, 4.69) is 10.1 Å². The number of carboxylic acids is 1. The lowest BCUT2D eigenvalue weighted by Gasteiger charge is -1.97. The van der Waals surface area contributed by atoms with Crippen LogP contribution in [0.5, 0.6) is 0 Å². The topological polar surface area (TPSA) is 75.6 Å². The van der Waals surface area contributed by atoms with Crippen molar-refractivity contribution in [2.24, 2.45) is 0 Å². The molecule has 0 aliphatic carbocycles. The molecule has 0 atom stereocenters. The molecule has 0 amide bonds. The lowest BCUT2D eigenvalue weighted by atomic mass is 10.5. The average Bonchev–Trinajstić information content (AvgIpc) is 1.97. The minimum Gasteiger partial charge on any atom is -0.478 e. The molecular formula is C6H9NO4. The van der Waals surface area contributed by atoms with E-state index in [-0.39, 0.29) is 6.73 Å². The van der Waals surface area contributed by atoms with Crippen molar-refractivity contribution < 1.29 is 19.4 Å². The van der Waals surface area contributed by atoms with Crippen LogP contribution in [0.15, 0.2) is 12.2 Å². The van der Waals surface area contributed by atoms with Gasteiger partial charge in [0.2, 0.25) is 0 Å². The van der Waals surface area contributed by atoms with Gasteiger partial charge >= 0.3 is 11.9 Å². The third-order valence-corrected chi connectivity index (χ3v) is 0.721. The van der Waals surface area contributed by atoms with E-state index in [0.717, 1.165) is 12.2 Å². The van der Waals surface area contributed by atoms with Gasteiger partial charge in [0.05, 0.1) is 0 Å². The zero-order valence-corrected chi connectivity index (χ0v) is 6.03. The van der Waals surface area contributed by atoms with Gasteiger partial charge in [-0.15, -0.1) is 0 Å². The van der Waals surface area contributed by atoms with Crippen molar-refractivity contribution >= 4 is 11.9 Å². The van der Waals surface area contributed by atoms with E-state index in [1.165, 1.54) is 0 Å². The largest absolute Gasteiger partial charge is 0.478 e. The Morgan fingerprint density at radius 2 is 2.18 bits per heavy atom. The highest BCUT2D eigenvalue weighted by molar-refractivity contribution is 5.90. The molecule has 0 rings (SSSR count). The summed E-state index contributed by atoms with van der Waals surface area (Å²) in [5.41, 5.74) is 0. The van der Waals surface area contributed by atoms with Crippen LogP contribution in [0.3, 0.4) is 0 Å². The van der Waals surface area contributed by atoms with Crippen molar-refractivity contribution in [3.05, 3.63) is 12.2 Å². The molecule has 0 saturated carbocycles. The van der Waals surface area contributed by atoms with E-state index in [4.69, 9.17) is 5.11 Å². The number of nitrogens with one attached hydrogen (secondary N) is 1. The van der Waals surface area contributed by atoms with Crippen molar-refractivity contribution in [2.45, 2.75) is 0 Å². The third kappa shape index (κ3) is 6.53. The van der Waals surface area contributed by atoms with Crippen molar-refractivity contribution in [2.75, 3.05) is 13.8 Å². The van der Waals surface area contributed by atoms with Gasteiger partial charge in [0.25, 0.3) is 0 Å². The second-order valence-corrected chi connectivity index (χ2v) is 1.63. The minimum absolute atomic E-state index is 0.0722. The second kappa shape index (κ2) is 5.43. The van der Waals surface area contributed by atoms with E-state index in [0.29, 0.717) is 0 Å². The molecule has 0 fully saturated rings. The standard InChI is InChI=1S/C6H9NO4/c1-7-4-11-6(10)3-2-5(8)9/h2-3,7H,4H2,1H3,(H,8,9)/b3-2+. The van der Waals surface area contributed by atoms with Crippen molar-refractivity contribution in [3.8, 4) is 0 Å². The maximum absolute atomic E-state index is 10.5. The van der Waals surface area contributed by atoms with E-state index in [9.17, 15) is 9.59 Å². The number of ether oxygens (including phenoxy) is 1. The molecule has 62 valence electrons. The summed E-state index contributed by atoms with van der Waals surface area (Å²) in [6.07, 6.45) is 1.57. The molecule has 0 heterocycles. The first-order chi connectivity index (χ1) is 5.16. The Kier molecular flexibility index (Phi) is 4.76. The first-order valence-electron chi connectivity index (χ1n) is 2.89. The highest BCUT2D eigenvalue weighted by atomic mass is 16.5. The first kappa shape index (κ1) is 9.64. The van der Waals surface area contributed by atoms with E-state index < -0.39 is 11.9 Å². The molecule has 0 aliphatic heterocycles. The summed E-state index contributed by atoms with van der Waals surface area (Å²) in [4.78, 5) is 20.4. The summed E-state index contributed by atoms with van der Waals surface area (Å²) >= 11 is 0. The van der Waals surface area contributed by atoms with Gasteiger partial charge in [-0.2, -0.15) is 0 Å². The molecular weight excluding hydrogens is 150 g/mol. The molecule has 0 bridgehead atoms. The number of hydrogen-bond donors (Lipinski definition) is 2. The van der Waals surface area contributed by atoms with Crippen LogP contribution in [0.4, 0.5) is 0 Å². The Morgan fingerprint density at radius 3 is 2.64 bits per heavy atom. The van der Waals surface area contributed by atoms with Crippen molar-refractivity contribution in [1.82, 2.24) is 5.32 Å². The minimum atomic E-state index is -1.17. The molecule has 0 unspecified atom stereocenters. The lowest BCUT2D eigenvalue weighted by molar-refractivity contribution is -0.139. The number of hydrogen-bond acceptors (Lipinski definition) is 4. The van der Waals surface area contributed by atoms with Gasteiger partial charge in [-0.25, -0.2) is 9.59 Å². The Bertz CT molecular complexity index is 175. The van der Waals surface area contributed by atoms with Crippen molar-refractivity contribution in [3.63, 3.8) is 0 Å². The quantitative estimate of drug-likeness (QED) is 0.324. The highest BCUT2D eigenvalue weighted by Crippen LogP contribution is 1.79. The molecule has 5 nitrogen and oxygen atoms in total. The lowest BCUT2D eigenvalue weighted by Crippen LogP contribution is -2.14. The predicted octanol–water partition coefficient (Wildman–Crippen LogP) is -0.653. The average molecular weight is 159 g/mol. The van der Waals surface area contributed by atoms with Crippen LogP contribution in [-0.2, 0) is 14.3 Å². The molecule has 0 aromatic rings. The maximum atomic E-state index is 10.5. The fraction of sp³-hybridized carbons (Fsp3) is 0.333. The Hall–Kier alpha value is -1.36. The Morgan fingerprint density at radius 1 is 1.55 bits per heavy atom. The monoisotopic (exact) mass is 159 g/mol. The summed E-state index contributed by atoms with van der Waals surface area (Å²) in [5.74, 6) is -1.85. The van der Waals surface area contributed by atoms with Crippen LogP contribution in [0.25, 0.3) is 0 Å². The van der Waals surface area contributed by atoms with Crippen LogP contribution < -0.4 is 5.32 Å². The SMILES string of the molecule is CNCOC(=O)/C=C/C(=O)O. The van der Waals surface area contributed by atoms with Crippen LogP contribution in [0, 0.1) is 0 Å². The summed E-state index contributed by atoms with van der Waals surface area (Å²) < 4.78 is 4.44. The van der Waals surface area contributed by atoms with Gasteiger partial charge in [-0.1, -0.05) is 0 Å². The number of carboxylic acid groups (broad SMARTS) is 1. The molecule has 5 heteroatoms. The smallest absolute Gasteiger partial charge is 0.332 e. The van der Waals surface area contributed by atoms with Gasteiger partial charge in [-0.05, 0) is 7.05 Å². The molecule has 0 aromatic heterocycles. The van der Waals surface area contributed by atoms with E-state index >= 15 is 0 Å². The van der Waals surface area contributed by atoms with Gasteiger partial charge in [-0.3, -0.25) is 5.32 Å². The van der Waals surface area contributed by atoms with Gasteiger partial charge in [0.15, 0.2) is 0 Å². The van der Waals surface area contributed by atoms with E-state index in [1.807, 2.05) is 0 Å². The van der Waals surface area contributed by atoms with E-state index in [1.54, 1.807) is 7.05 Å². The molecule has 11 heavy (non-hydrogen) atoms. The summed E-state index contributed by atoms with van der Waals surface area (Å²) in [6, 6.07) is 0. The van der Waals surface area contributed by atoms with Gasteiger partial charge < -0.3 is 9.84 Å². The second-order valence-electron chi connectivity index (χ2n) is 1.63. The number of rotatable bonds is 4. The predicted molar refractivity (Wildman–Crippen MR) is 36.8 cm³/mol. The van der Waals surface area contributed by atoms with Crippen LogP contribution in [0.1, 0.15) is 0 Å².